The Morgan fingerprint density at radius 3 is 2.50 bits per heavy atom. The number of ether oxygens (including phenoxy) is 1. The van der Waals surface area contributed by atoms with E-state index in [1.165, 1.54) is 0 Å². The second kappa shape index (κ2) is 7.59. The van der Waals surface area contributed by atoms with Gasteiger partial charge in [-0.25, -0.2) is 9.97 Å². The molecule has 5 nitrogen and oxygen atoms in total. The van der Waals surface area contributed by atoms with Crippen LogP contribution in [0.3, 0.4) is 0 Å². The number of anilines is 2. The molecule has 1 aromatic heterocycles. The van der Waals surface area contributed by atoms with Gasteiger partial charge in [-0.15, -0.1) is 0 Å². The van der Waals surface area contributed by atoms with E-state index in [0.29, 0.717) is 6.61 Å². The first kappa shape index (κ1) is 18.6. The van der Waals surface area contributed by atoms with Crippen LogP contribution in [0.4, 0.5) is 24.7 Å². The lowest BCUT2D eigenvalue weighted by Gasteiger charge is -2.37. The van der Waals surface area contributed by atoms with Gasteiger partial charge in [-0.2, -0.15) is 13.2 Å². The maximum atomic E-state index is 12.5. The molecule has 1 saturated heterocycles. The summed E-state index contributed by atoms with van der Waals surface area (Å²) >= 11 is 0. The molecule has 1 aromatic carbocycles. The Kier molecular flexibility index (Phi) is 5.43. The summed E-state index contributed by atoms with van der Waals surface area (Å²) in [5, 5.41) is 6.33. The Balaban J connectivity index is 1.64. The largest absolute Gasteiger partial charge is 0.434 e. The van der Waals surface area contributed by atoms with Crippen LogP contribution in [0.2, 0.25) is 0 Å². The van der Waals surface area contributed by atoms with Crippen LogP contribution >= 0.6 is 0 Å². The zero-order valence-electron chi connectivity index (χ0n) is 14.4. The highest BCUT2D eigenvalue weighted by Gasteiger charge is 2.33. The fourth-order valence-electron chi connectivity index (χ4n) is 2.94. The molecule has 8 heteroatoms. The van der Waals surface area contributed by atoms with Crippen LogP contribution in [0.15, 0.2) is 36.7 Å². The van der Waals surface area contributed by atoms with Crippen LogP contribution in [0.1, 0.15) is 24.6 Å². The number of benzene rings is 1. The second-order valence-electron chi connectivity index (χ2n) is 6.35. The predicted molar refractivity (Wildman–Crippen MR) is 92.3 cm³/mol. The third kappa shape index (κ3) is 4.50. The summed E-state index contributed by atoms with van der Waals surface area (Å²) in [5.74, 6) is 0.260. The lowest BCUT2D eigenvalue weighted by atomic mass is 9.90. The van der Waals surface area contributed by atoms with Gasteiger partial charge >= 0.3 is 6.18 Å². The van der Waals surface area contributed by atoms with Crippen molar-refractivity contribution in [1.29, 1.82) is 0 Å². The van der Waals surface area contributed by atoms with Crippen molar-refractivity contribution in [2.24, 2.45) is 0 Å². The van der Waals surface area contributed by atoms with Crippen LogP contribution < -0.4 is 10.6 Å². The van der Waals surface area contributed by atoms with E-state index in [2.05, 4.69) is 27.5 Å². The summed E-state index contributed by atoms with van der Waals surface area (Å²) in [4.78, 5) is 7.15. The van der Waals surface area contributed by atoms with E-state index < -0.39 is 11.9 Å². The molecular formula is C18H21F3N4O. The predicted octanol–water partition coefficient (Wildman–Crippen LogP) is 3.55. The molecule has 2 aromatic rings. The van der Waals surface area contributed by atoms with Crippen molar-refractivity contribution in [3.8, 4) is 0 Å². The van der Waals surface area contributed by atoms with Gasteiger partial charge in [0.15, 0.2) is 5.69 Å². The molecular weight excluding hydrogens is 345 g/mol. The number of halogens is 3. The fourth-order valence-corrected chi connectivity index (χ4v) is 2.94. The molecule has 2 heterocycles. The van der Waals surface area contributed by atoms with Crippen molar-refractivity contribution in [3.63, 3.8) is 0 Å². The van der Waals surface area contributed by atoms with Gasteiger partial charge in [0, 0.05) is 25.2 Å². The minimum absolute atomic E-state index is 0.188. The standard InChI is InChI=1S/C18H21F3N4O/c1-2-17(12-22-7-8-26-17)9-13-3-5-14(6-4-13)25-16-11-23-15(10-24-16)18(19,20)21/h3-6,10-11,22H,2,7-9,12H2,1H3,(H,24,25)/t17-/m1/s1. The van der Waals surface area contributed by atoms with Crippen molar-refractivity contribution >= 4 is 11.5 Å². The Hall–Kier alpha value is -2.19. The van der Waals surface area contributed by atoms with E-state index in [1.54, 1.807) is 0 Å². The van der Waals surface area contributed by atoms with E-state index in [-0.39, 0.29) is 11.4 Å². The van der Waals surface area contributed by atoms with Crippen molar-refractivity contribution in [2.75, 3.05) is 25.0 Å². The first-order valence-corrected chi connectivity index (χ1v) is 8.50. The lowest BCUT2D eigenvalue weighted by Crippen LogP contribution is -2.50. The molecule has 0 amide bonds. The van der Waals surface area contributed by atoms with Crippen molar-refractivity contribution in [1.82, 2.24) is 15.3 Å². The van der Waals surface area contributed by atoms with Crippen LogP contribution in [0.25, 0.3) is 0 Å². The minimum atomic E-state index is -4.49. The number of morpholine rings is 1. The van der Waals surface area contributed by atoms with E-state index in [0.717, 1.165) is 49.6 Å². The first-order chi connectivity index (χ1) is 12.4. The first-order valence-electron chi connectivity index (χ1n) is 8.50. The Labute approximate surface area is 150 Å². The number of rotatable bonds is 5. The number of alkyl halides is 3. The molecule has 0 aliphatic carbocycles. The van der Waals surface area contributed by atoms with Crippen LogP contribution in [0.5, 0.6) is 0 Å². The zero-order valence-corrected chi connectivity index (χ0v) is 14.4. The van der Waals surface area contributed by atoms with Crippen molar-refractivity contribution in [2.45, 2.75) is 31.5 Å². The monoisotopic (exact) mass is 366 g/mol. The van der Waals surface area contributed by atoms with E-state index in [1.807, 2.05) is 24.3 Å². The van der Waals surface area contributed by atoms with Crippen LogP contribution in [-0.2, 0) is 17.3 Å². The Morgan fingerprint density at radius 1 is 1.19 bits per heavy atom. The van der Waals surface area contributed by atoms with Crippen molar-refractivity contribution < 1.29 is 17.9 Å². The topological polar surface area (TPSA) is 59.1 Å². The summed E-state index contributed by atoms with van der Waals surface area (Å²) in [5.41, 5.74) is 0.673. The van der Waals surface area contributed by atoms with Gasteiger partial charge in [0.25, 0.3) is 0 Å². The third-order valence-electron chi connectivity index (χ3n) is 4.47. The van der Waals surface area contributed by atoms with Gasteiger partial charge in [-0.05, 0) is 24.1 Å². The highest BCUT2D eigenvalue weighted by Crippen LogP contribution is 2.28. The fraction of sp³-hybridized carbons (Fsp3) is 0.444. The van der Waals surface area contributed by atoms with Gasteiger partial charge in [-0.3, -0.25) is 0 Å². The SMILES string of the molecule is CC[C@@]1(Cc2ccc(Nc3cnc(C(F)(F)F)cn3)cc2)CNCCO1. The number of hydrogen-bond acceptors (Lipinski definition) is 5. The highest BCUT2D eigenvalue weighted by molar-refractivity contribution is 5.55. The summed E-state index contributed by atoms with van der Waals surface area (Å²) < 4.78 is 43.5. The van der Waals surface area contributed by atoms with Crippen LogP contribution in [0, 0.1) is 0 Å². The van der Waals surface area contributed by atoms with E-state index in [9.17, 15) is 13.2 Å². The molecule has 140 valence electrons. The maximum absolute atomic E-state index is 12.5. The molecule has 1 fully saturated rings. The molecule has 0 unspecified atom stereocenters. The second-order valence-corrected chi connectivity index (χ2v) is 6.35. The highest BCUT2D eigenvalue weighted by atomic mass is 19.4. The molecule has 1 aliphatic heterocycles. The normalized spacial score (nSPS) is 20.8. The number of nitrogens with zero attached hydrogens (tertiary/aromatic N) is 2. The summed E-state index contributed by atoms with van der Waals surface area (Å²) in [6, 6.07) is 7.70. The van der Waals surface area contributed by atoms with Gasteiger partial charge < -0.3 is 15.4 Å². The summed E-state index contributed by atoms with van der Waals surface area (Å²) in [6.07, 6.45) is -0.976. The number of hydrogen-bond donors (Lipinski definition) is 2. The maximum Gasteiger partial charge on any atom is 0.434 e. The molecule has 0 bridgehead atoms. The van der Waals surface area contributed by atoms with Gasteiger partial charge in [-0.1, -0.05) is 19.1 Å². The zero-order chi connectivity index (χ0) is 18.6. The van der Waals surface area contributed by atoms with E-state index >= 15 is 0 Å². The minimum Gasteiger partial charge on any atom is -0.372 e. The lowest BCUT2D eigenvalue weighted by molar-refractivity contribution is -0.141. The molecule has 0 spiro atoms. The molecule has 1 atom stereocenters. The van der Waals surface area contributed by atoms with Gasteiger partial charge in [0.1, 0.15) is 5.82 Å². The van der Waals surface area contributed by atoms with Gasteiger partial charge in [0.05, 0.1) is 24.6 Å². The number of nitrogens with one attached hydrogen (secondary N) is 2. The average molecular weight is 366 g/mol. The van der Waals surface area contributed by atoms with Crippen molar-refractivity contribution in [3.05, 3.63) is 47.9 Å². The Morgan fingerprint density at radius 2 is 1.96 bits per heavy atom. The third-order valence-corrected chi connectivity index (χ3v) is 4.47. The molecule has 0 radical (unpaired) electrons. The molecule has 26 heavy (non-hydrogen) atoms. The Bertz CT molecular complexity index is 711. The summed E-state index contributed by atoms with van der Waals surface area (Å²) in [7, 11) is 0. The number of aromatic nitrogens is 2. The quantitative estimate of drug-likeness (QED) is 0.848. The molecule has 2 N–H and O–H groups in total. The van der Waals surface area contributed by atoms with Gasteiger partial charge in [0.2, 0.25) is 0 Å². The van der Waals surface area contributed by atoms with E-state index in [4.69, 9.17) is 4.74 Å². The summed E-state index contributed by atoms with van der Waals surface area (Å²) in [6.45, 7) is 4.52. The smallest absolute Gasteiger partial charge is 0.372 e. The molecule has 0 saturated carbocycles. The van der Waals surface area contributed by atoms with Crippen LogP contribution in [-0.4, -0.2) is 35.3 Å². The molecule has 3 rings (SSSR count). The molecule has 1 aliphatic rings. The average Bonchev–Trinajstić information content (AvgIpc) is 2.64.